The van der Waals surface area contributed by atoms with Gasteiger partial charge in [0.2, 0.25) is 0 Å². The molecule has 2 atom stereocenters. The molecule has 1 aliphatic heterocycles. The molecule has 1 aromatic carbocycles. The van der Waals surface area contributed by atoms with Gasteiger partial charge < -0.3 is 10.0 Å². The van der Waals surface area contributed by atoms with Gasteiger partial charge in [0.15, 0.2) is 0 Å². The number of nitrogens with zero attached hydrogens (tertiary/aromatic N) is 1. The lowest BCUT2D eigenvalue weighted by Gasteiger charge is -2.55. The summed E-state index contributed by atoms with van der Waals surface area (Å²) in [5.74, 6) is 0.743. The van der Waals surface area contributed by atoms with Crippen LogP contribution in [0.3, 0.4) is 0 Å². The van der Waals surface area contributed by atoms with Gasteiger partial charge >= 0.3 is 0 Å². The molecule has 1 saturated heterocycles. The predicted molar refractivity (Wildman–Crippen MR) is 76.9 cm³/mol. The lowest BCUT2D eigenvalue weighted by Crippen LogP contribution is -2.58. The predicted octanol–water partition coefficient (Wildman–Crippen LogP) is 2.26. The second-order valence-electron chi connectivity index (χ2n) is 7.08. The minimum absolute atomic E-state index is 0.0110. The highest BCUT2D eigenvalue weighted by molar-refractivity contribution is 5.82. The molecule has 2 aliphatic carbocycles. The first-order chi connectivity index (χ1) is 9.55. The standard InChI is InChI=1S/C17H21NO2/c1-18-7-6-17-10-14(20)4-5-16(17,11-18)9-12-2-3-13(19)8-15(12)17/h2-3,8,19H,4-7,9-11H2,1H3/t16-,17-/m1/s1. The summed E-state index contributed by atoms with van der Waals surface area (Å²) in [5.41, 5.74) is 2.82. The van der Waals surface area contributed by atoms with Gasteiger partial charge in [-0.1, -0.05) is 6.07 Å². The van der Waals surface area contributed by atoms with E-state index in [0.29, 0.717) is 18.0 Å². The Morgan fingerprint density at radius 1 is 1.25 bits per heavy atom. The van der Waals surface area contributed by atoms with Gasteiger partial charge in [0.05, 0.1) is 0 Å². The maximum absolute atomic E-state index is 12.2. The van der Waals surface area contributed by atoms with Gasteiger partial charge in [-0.2, -0.15) is 0 Å². The van der Waals surface area contributed by atoms with E-state index >= 15 is 0 Å². The summed E-state index contributed by atoms with van der Waals surface area (Å²) in [6.07, 6.45) is 4.53. The van der Waals surface area contributed by atoms with Crippen LogP contribution >= 0.6 is 0 Å². The van der Waals surface area contributed by atoms with Crippen LogP contribution < -0.4 is 0 Å². The molecule has 0 spiro atoms. The average molecular weight is 271 g/mol. The van der Waals surface area contributed by atoms with Gasteiger partial charge in [-0.05, 0) is 61.5 Å². The Labute approximate surface area is 119 Å². The van der Waals surface area contributed by atoms with Crippen LogP contribution in [0.25, 0.3) is 0 Å². The van der Waals surface area contributed by atoms with Crippen LogP contribution in [0.2, 0.25) is 0 Å². The van der Waals surface area contributed by atoms with Crippen molar-refractivity contribution in [2.75, 3.05) is 20.1 Å². The SMILES string of the molecule is CN1CC[C@]23CC(=O)CC[C@@]2(Cc2ccc(O)cc23)C1. The Balaban J connectivity index is 1.92. The van der Waals surface area contributed by atoms with Crippen LogP contribution in [0, 0.1) is 5.41 Å². The molecule has 1 aromatic rings. The van der Waals surface area contributed by atoms with E-state index in [-0.39, 0.29) is 10.8 Å². The summed E-state index contributed by atoms with van der Waals surface area (Å²) in [6, 6.07) is 5.80. The first-order valence-electron chi connectivity index (χ1n) is 7.57. The number of carbonyl (C=O) groups is 1. The Morgan fingerprint density at radius 2 is 2.10 bits per heavy atom. The largest absolute Gasteiger partial charge is 0.508 e. The van der Waals surface area contributed by atoms with Gasteiger partial charge in [-0.25, -0.2) is 0 Å². The van der Waals surface area contributed by atoms with Crippen LogP contribution in [-0.4, -0.2) is 35.9 Å². The zero-order chi connectivity index (χ0) is 14.0. The van der Waals surface area contributed by atoms with Crippen molar-refractivity contribution >= 4 is 5.78 Å². The van der Waals surface area contributed by atoms with E-state index in [9.17, 15) is 9.90 Å². The highest BCUT2D eigenvalue weighted by Gasteiger charge is 2.61. The molecule has 3 aliphatic rings. The number of hydrogen-bond donors (Lipinski definition) is 1. The van der Waals surface area contributed by atoms with Gasteiger partial charge in [0.1, 0.15) is 11.5 Å². The monoisotopic (exact) mass is 271 g/mol. The maximum Gasteiger partial charge on any atom is 0.133 e. The molecule has 0 unspecified atom stereocenters. The van der Waals surface area contributed by atoms with Gasteiger partial charge in [0.25, 0.3) is 0 Å². The summed E-state index contributed by atoms with van der Waals surface area (Å²) in [5, 5.41) is 9.89. The maximum atomic E-state index is 12.2. The van der Waals surface area contributed by atoms with E-state index in [0.717, 1.165) is 38.8 Å². The Hall–Kier alpha value is -1.35. The second kappa shape index (κ2) is 3.85. The number of carbonyl (C=O) groups excluding carboxylic acids is 1. The highest BCUT2D eigenvalue weighted by Crippen LogP contribution is 2.62. The number of fused-ring (bicyclic) bond motifs is 1. The zero-order valence-corrected chi connectivity index (χ0v) is 12.0. The summed E-state index contributed by atoms with van der Waals surface area (Å²) < 4.78 is 0. The summed E-state index contributed by atoms with van der Waals surface area (Å²) in [4.78, 5) is 14.6. The number of piperidine rings is 1. The molecule has 3 nitrogen and oxygen atoms in total. The summed E-state index contributed by atoms with van der Waals surface area (Å²) >= 11 is 0. The fraction of sp³-hybridized carbons (Fsp3) is 0.588. The highest BCUT2D eigenvalue weighted by atomic mass is 16.3. The number of Topliss-reactive ketones (excluding diaryl/α,β-unsaturated/α-hetero) is 1. The number of benzene rings is 1. The quantitative estimate of drug-likeness (QED) is 0.787. The number of phenols is 1. The molecule has 2 fully saturated rings. The summed E-state index contributed by atoms with van der Waals surface area (Å²) in [6.45, 7) is 2.12. The van der Waals surface area contributed by atoms with Crippen molar-refractivity contribution in [1.29, 1.82) is 0 Å². The molecular weight excluding hydrogens is 250 g/mol. The van der Waals surface area contributed by atoms with Crippen molar-refractivity contribution in [3.05, 3.63) is 29.3 Å². The van der Waals surface area contributed by atoms with Gasteiger partial charge in [-0.3, -0.25) is 4.79 Å². The number of phenolic OH excluding ortho intramolecular Hbond substituents is 1. The topological polar surface area (TPSA) is 40.5 Å². The van der Waals surface area contributed by atoms with E-state index < -0.39 is 0 Å². The normalized spacial score (nSPS) is 36.4. The Bertz CT molecular complexity index is 597. The number of likely N-dealkylation sites (tertiary alicyclic amines) is 1. The molecule has 20 heavy (non-hydrogen) atoms. The average Bonchev–Trinajstić information content (AvgIpc) is 2.68. The third-order valence-corrected chi connectivity index (χ3v) is 6.03. The van der Waals surface area contributed by atoms with E-state index in [1.807, 2.05) is 6.07 Å². The van der Waals surface area contributed by atoms with Crippen LogP contribution in [0.4, 0.5) is 0 Å². The molecule has 1 heterocycles. The molecule has 3 heteroatoms. The van der Waals surface area contributed by atoms with E-state index in [1.165, 1.54) is 11.1 Å². The molecule has 0 amide bonds. The number of rotatable bonds is 0. The van der Waals surface area contributed by atoms with Gasteiger partial charge in [-0.15, -0.1) is 0 Å². The Kier molecular flexibility index (Phi) is 2.39. The van der Waals surface area contributed by atoms with Crippen molar-refractivity contribution in [3.63, 3.8) is 0 Å². The van der Waals surface area contributed by atoms with Crippen LogP contribution in [0.5, 0.6) is 5.75 Å². The molecule has 1 saturated carbocycles. The second-order valence-corrected chi connectivity index (χ2v) is 7.08. The van der Waals surface area contributed by atoms with Gasteiger partial charge in [0, 0.05) is 24.8 Å². The van der Waals surface area contributed by atoms with Crippen molar-refractivity contribution in [1.82, 2.24) is 4.90 Å². The number of aromatic hydroxyl groups is 1. The van der Waals surface area contributed by atoms with E-state index in [1.54, 1.807) is 6.07 Å². The van der Waals surface area contributed by atoms with Crippen molar-refractivity contribution in [2.24, 2.45) is 5.41 Å². The molecule has 4 rings (SSSR count). The summed E-state index contributed by atoms with van der Waals surface area (Å²) in [7, 11) is 2.19. The smallest absolute Gasteiger partial charge is 0.133 e. The zero-order valence-electron chi connectivity index (χ0n) is 12.0. The molecular formula is C17H21NO2. The fourth-order valence-electron chi connectivity index (χ4n) is 5.15. The molecule has 0 aromatic heterocycles. The van der Waals surface area contributed by atoms with Crippen molar-refractivity contribution < 1.29 is 9.90 Å². The lowest BCUT2D eigenvalue weighted by atomic mass is 9.53. The van der Waals surface area contributed by atoms with Crippen LogP contribution in [0.15, 0.2) is 18.2 Å². The minimum atomic E-state index is -0.0110. The fourth-order valence-corrected chi connectivity index (χ4v) is 5.15. The first-order valence-corrected chi connectivity index (χ1v) is 7.57. The number of hydrogen-bond acceptors (Lipinski definition) is 3. The third-order valence-electron chi connectivity index (χ3n) is 6.03. The third kappa shape index (κ3) is 1.42. The number of ketones is 1. The molecule has 106 valence electrons. The van der Waals surface area contributed by atoms with E-state index in [2.05, 4.69) is 18.0 Å². The Morgan fingerprint density at radius 3 is 2.95 bits per heavy atom. The molecule has 1 N–H and O–H groups in total. The van der Waals surface area contributed by atoms with Crippen molar-refractivity contribution in [2.45, 2.75) is 37.5 Å². The van der Waals surface area contributed by atoms with Crippen LogP contribution in [-0.2, 0) is 16.6 Å². The minimum Gasteiger partial charge on any atom is -0.508 e. The van der Waals surface area contributed by atoms with Crippen LogP contribution in [0.1, 0.15) is 36.8 Å². The van der Waals surface area contributed by atoms with Crippen molar-refractivity contribution in [3.8, 4) is 5.75 Å². The van der Waals surface area contributed by atoms with E-state index in [4.69, 9.17) is 0 Å². The lowest BCUT2D eigenvalue weighted by molar-refractivity contribution is -0.129. The molecule has 0 radical (unpaired) electrons. The first kappa shape index (κ1) is 12.4. The molecule has 0 bridgehead atoms.